The lowest BCUT2D eigenvalue weighted by Crippen LogP contribution is -2.30. The van der Waals surface area contributed by atoms with Crippen LogP contribution in [-0.2, 0) is 16.1 Å². The van der Waals surface area contributed by atoms with Crippen LogP contribution >= 0.6 is 11.8 Å². The summed E-state index contributed by atoms with van der Waals surface area (Å²) in [6.45, 7) is 3.49. The highest BCUT2D eigenvalue weighted by Gasteiger charge is 2.11. The van der Waals surface area contributed by atoms with Crippen molar-refractivity contribution in [3.63, 3.8) is 0 Å². The molecule has 2 aromatic rings. The second-order valence-electron chi connectivity index (χ2n) is 6.05. The summed E-state index contributed by atoms with van der Waals surface area (Å²) >= 11 is 1.31. The van der Waals surface area contributed by atoms with Crippen molar-refractivity contribution in [2.45, 2.75) is 18.4 Å². The third kappa shape index (κ3) is 7.32. The van der Waals surface area contributed by atoms with Crippen LogP contribution in [0.15, 0.2) is 53.4 Å². The molecule has 7 heteroatoms. The summed E-state index contributed by atoms with van der Waals surface area (Å²) in [5.41, 5.74) is 6.98. The van der Waals surface area contributed by atoms with Crippen LogP contribution in [0.4, 0.5) is 5.69 Å². The van der Waals surface area contributed by atoms with Gasteiger partial charge in [0.1, 0.15) is 5.75 Å². The van der Waals surface area contributed by atoms with Gasteiger partial charge in [-0.15, -0.1) is 11.8 Å². The molecular formula is C20H25N3O3S. The van der Waals surface area contributed by atoms with Gasteiger partial charge in [-0.1, -0.05) is 24.3 Å². The predicted molar refractivity (Wildman–Crippen MR) is 109 cm³/mol. The Bertz CT molecular complexity index is 765. The second-order valence-corrected chi connectivity index (χ2v) is 7.07. The maximum absolute atomic E-state index is 12.4. The van der Waals surface area contributed by atoms with Crippen LogP contribution in [0.3, 0.4) is 0 Å². The molecular weight excluding hydrogens is 362 g/mol. The highest BCUT2D eigenvalue weighted by atomic mass is 32.2. The molecule has 2 amide bonds. The zero-order valence-electron chi connectivity index (χ0n) is 15.6. The van der Waals surface area contributed by atoms with Crippen molar-refractivity contribution in [1.29, 1.82) is 0 Å². The summed E-state index contributed by atoms with van der Waals surface area (Å²) in [5, 5.41) is 2.90. The fourth-order valence-corrected chi connectivity index (χ4v) is 3.25. The zero-order chi connectivity index (χ0) is 19.6. The molecule has 0 saturated carbocycles. The smallest absolute Gasteiger partial charge is 0.238 e. The minimum atomic E-state index is -0.392. The maximum atomic E-state index is 12.4. The molecule has 0 spiro atoms. The van der Waals surface area contributed by atoms with Gasteiger partial charge in [-0.3, -0.25) is 14.5 Å². The van der Waals surface area contributed by atoms with Crippen molar-refractivity contribution in [1.82, 2.24) is 4.90 Å². The van der Waals surface area contributed by atoms with Gasteiger partial charge in [0, 0.05) is 11.4 Å². The van der Waals surface area contributed by atoms with E-state index >= 15 is 0 Å². The number of primary amides is 1. The third-order valence-corrected chi connectivity index (χ3v) is 4.73. The van der Waals surface area contributed by atoms with E-state index in [1.807, 2.05) is 67.4 Å². The fourth-order valence-electron chi connectivity index (χ4n) is 2.50. The Morgan fingerprint density at radius 2 is 1.85 bits per heavy atom. The van der Waals surface area contributed by atoms with E-state index in [0.717, 1.165) is 16.2 Å². The molecule has 0 unspecified atom stereocenters. The number of ether oxygens (including phenoxy) is 1. The highest BCUT2D eigenvalue weighted by Crippen LogP contribution is 2.26. The van der Waals surface area contributed by atoms with Gasteiger partial charge < -0.3 is 15.8 Å². The third-order valence-electron chi connectivity index (χ3n) is 3.63. The first-order chi connectivity index (χ1) is 13.0. The van der Waals surface area contributed by atoms with Gasteiger partial charge in [-0.25, -0.2) is 0 Å². The van der Waals surface area contributed by atoms with E-state index in [0.29, 0.717) is 18.8 Å². The number of thioether (sulfide) groups is 1. The predicted octanol–water partition coefficient (Wildman–Crippen LogP) is 2.73. The van der Waals surface area contributed by atoms with Gasteiger partial charge in [-0.05, 0) is 43.8 Å². The number of likely N-dealkylation sites (N-methyl/N-ethyl adjacent to an activating group) is 1. The highest BCUT2D eigenvalue weighted by molar-refractivity contribution is 8.00. The van der Waals surface area contributed by atoms with E-state index in [4.69, 9.17) is 10.5 Å². The van der Waals surface area contributed by atoms with Crippen LogP contribution in [0.1, 0.15) is 12.5 Å². The van der Waals surface area contributed by atoms with E-state index in [1.54, 1.807) is 0 Å². The summed E-state index contributed by atoms with van der Waals surface area (Å²) < 4.78 is 5.43. The number of benzene rings is 2. The minimum Gasteiger partial charge on any atom is -0.494 e. The molecule has 0 bridgehead atoms. The zero-order valence-corrected chi connectivity index (χ0v) is 16.4. The number of nitrogens with two attached hydrogens (primary N) is 1. The summed E-state index contributed by atoms with van der Waals surface area (Å²) in [7, 11) is 1.89. The number of carbonyl (C=O) groups is 2. The van der Waals surface area contributed by atoms with Crippen LogP contribution in [0.5, 0.6) is 5.75 Å². The van der Waals surface area contributed by atoms with Crippen molar-refractivity contribution in [3.05, 3.63) is 54.1 Å². The van der Waals surface area contributed by atoms with E-state index in [-0.39, 0.29) is 18.2 Å². The molecule has 0 aromatic heterocycles. The second kappa shape index (κ2) is 10.6. The monoisotopic (exact) mass is 387 g/mol. The Hall–Kier alpha value is -2.51. The van der Waals surface area contributed by atoms with Crippen molar-refractivity contribution < 1.29 is 14.3 Å². The van der Waals surface area contributed by atoms with E-state index in [9.17, 15) is 9.59 Å². The van der Waals surface area contributed by atoms with Gasteiger partial charge in [0.05, 0.1) is 24.6 Å². The van der Waals surface area contributed by atoms with Gasteiger partial charge in [-0.2, -0.15) is 0 Å². The molecule has 0 radical (unpaired) electrons. The Labute approximate surface area is 164 Å². The first kappa shape index (κ1) is 20.8. The number of hydrogen-bond donors (Lipinski definition) is 2. The number of hydrogen-bond acceptors (Lipinski definition) is 5. The quantitative estimate of drug-likeness (QED) is 0.613. The number of amides is 2. The molecule has 3 N–H and O–H groups in total. The van der Waals surface area contributed by atoms with Crippen LogP contribution in [0.2, 0.25) is 0 Å². The molecule has 0 aliphatic carbocycles. The van der Waals surface area contributed by atoms with Gasteiger partial charge in [0.2, 0.25) is 11.8 Å². The first-order valence-electron chi connectivity index (χ1n) is 8.68. The van der Waals surface area contributed by atoms with Crippen molar-refractivity contribution in [3.8, 4) is 5.75 Å². The normalized spacial score (nSPS) is 10.6. The molecule has 0 fully saturated rings. The Balaban J connectivity index is 1.88. The lowest BCUT2D eigenvalue weighted by molar-refractivity contribution is -0.117. The summed E-state index contributed by atoms with van der Waals surface area (Å²) in [5.74, 6) is 0.503. The average molecular weight is 388 g/mol. The summed E-state index contributed by atoms with van der Waals surface area (Å²) in [4.78, 5) is 26.1. The lowest BCUT2D eigenvalue weighted by atomic mass is 10.2. The number of rotatable bonds is 10. The van der Waals surface area contributed by atoms with Crippen molar-refractivity contribution >= 4 is 29.3 Å². The molecule has 0 aliphatic heterocycles. The van der Waals surface area contributed by atoms with Gasteiger partial charge in [0.25, 0.3) is 0 Å². The summed E-state index contributed by atoms with van der Waals surface area (Å²) in [6.07, 6.45) is 0. The van der Waals surface area contributed by atoms with Crippen LogP contribution in [0, 0.1) is 0 Å². The topological polar surface area (TPSA) is 84.7 Å². The largest absolute Gasteiger partial charge is 0.494 e. The van der Waals surface area contributed by atoms with Gasteiger partial charge in [0.15, 0.2) is 0 Å². The molecule has 0 heterocycles. The number of nitrogens with one attached hydrogen (secondary N) is 1. The molecule has 0 aliphatic rings. The van der Waals surface area contributed by atoms with Crippen LogP contribution in [-0.4, -0.2) is 42.7 Å². The SMILES string of the molecule is CCOc1ccc(CN(C)CC(=O)Nc2ccccc2SCC(N)=O)cc1. The van der Waals surface area contributed by atoms with Crippen LogP contribution in [0.25, 0.3) is 0 Å². The average Bonchev–Trinajstić information content (AvgIpc) is 2.62. The van der Waals surface area contributed by atoms with Crippen molar-refractivity contribution in [2.24, 2.45) is 5.73 Å². The Morgan fingerprint density at radius 1 is 1.15 bits per heavy atom. The first-order valence-corrected chi connectivity index (χ1v) is 9.66. The van der Waals surface area contributed by atoms with E-state index in [2.05, 4.69) is 5.32 Å². The molecule has 144 valence electrons. The Kier molecular flexibility index (Phi) is 8.16. The standard InChI is InChI=1S/C20H25N3O3S/c1-3-26-16-10-8-15(9-11-16)12-23(2)13-20(25)22-17-6-4-5-7-18(17)27-14-19(21)24/h4-11H,3,12-14H2,1-2H3,(H2,21,24)(H,22,25). The molecule has 6 nitrogen and oxygen atoms in total. The number of carbonyl (C=O) groups excluding carboxylic acids is 2. The Morgan fingerprint density at radius 3 is 2.52 bits per heavy atom. The maximum Gasteiger partial charge on any atom is 0.238 e. The molecule has 27 heavy (non-hydrogen) atoms. The number of nitrogens with zero attached hydrogens (tertiary/aromatic N) is 1. The fraction of sp³-hybridized carbons (Fsp3) is 0.300. The minimum absolute atomic E-state index is 0.115. The summed E-state index contributed by atoms with van der Waals surface area (Å²) in [6, 6.07) is 15.2. The lowest BCUT2D eigenvalue weighted by Gasteiger charge is -2.17. The molecule has 0 atom stereocenters. The molecule has 0 saturated heterocycles. The van der Waals surface area contributed by atoms with E-state index in [1.165, 1.54) is 11.8 Å². The molecule has 2 aromatic carbocycles. The van der Waals surface area contributed by atoms with Crippen molar-refractivity contribution in [2.75, 3.05) is 31.3 Å². The van der Waals surface area contributed by atoms with Gasteiger partial charge >= 0.3 is 0 Å². The van der Waals surface area contributed by atoms with E-state index < -0.39 is 5.91 Å². The molecule has 2 rings (SSSR count). The number of anilines is 1. The van der Waals surface area contributed by atoms with Crippen LogP contribution < -0.4 is 15.8 Å². The number of para-hydroxylation sites is 1.